The van der Waals surface area contributed by atoms with E-state index in [1.54, 1.807) is 29.7 Å². The van der Waals surface area contributed by atoms with Gasteiger partial charge < -0.3 is 0 Å². The third kappa shape index (κ3) is 3.79. The molecule has 0 amide bonds. The number of hydrogen-bond donors (Lipinski definition) is 0. The summed E-state index contributed by atoms with van der Waals surface area (Å²) in [6.07, 6.45) is 16.3. The minimum absolute atomic E-state index is 0. The van der Waals surface area contributed by atoms with Crippen LogP contribution in [0.2, 0.25) is 0 Å². The highest BCUT2D eigenvalue weighted by Gasteiger charge is 2.20. The zero-order valence-corrected chi connectivity index (χ0v) is 16.9. The normalized spacial score (nSPS) is 14.5. The van der Waals surface area contributed by atoms with Gasteiger partial charge in [-0.1, -0.05) is 54.1 Å². The van der Waals surface area contributed by atoms with Crippen LogP contribution in [-0.4, -0.2) is 15.0 Å². The van der Waals surface area contributed by atoms with Crippen molar-refractivity contribution >= 4 is 39.7 Å². The van der Waals surface area contributed by atoms with Crippen molar-refractivity contribution in [1.82, 2.24) is 15.0 Å². The Morgan fingerprint density at radius 1 is 0.793 bits per heavy atom. The highest BCUT2D eigenvalue weighted by atomic mass is 35.5. The second-order valence-electron chi connectivity index (χ2n) is 7.23. The Morgan fingerprint density at radius 3 is 2.62 bits per heavy atom. The molecule has 4 aromatic rings. The molecule has 0 N–H and O–H groups in total. The van der Waals surface area contributed by atoms with E-state index < -0.39 is 0 Å². The average molecular weight is 400 g/mol. The van der Waals surface area contributed by atoms with Crippen molar-refractivity contribution in [1.29, 1.82) is 0 Å². The molecule has 144 valence electrons. The lowest BCUT2D eigenvalue weighted by molar-refractivity contribution is 0.831. The summed E-state index contributed by atoms with van der Waals surface area (Å²) in [6.45, 7) is 0. The Bertz CT molecular complexity index is 1160. The van der Waals surface area contributed by atoms with E-state index in [1.807, 2.05) is 6.07 Å². The molecular formula is C25H22ClN3. The van der Waals surface area contributed by atoms with Gasteiger partial charge in [-0.2, -0.15) is 0 Å². The lowest BCUT2D eigenvalue weighted by Crippen LogP contribution is -2.06. The topological polar surface area (TPSA) is 38.7 Å². The van der Waals surface area contributed by atoms with E-state index in [9.17, 15) is 0 Å². The fourth-order valence-electron chi connectivity index (χ4n) is 4.21. The minimum Gasteiger partial charge on any atom is -0.264 e. The van der Waals surface area contributed by atoms with Crippen LogP contribution in [-0.2, 0) is 6.42 Å². The number of aryl methyl sites for hydroxylation is 1. The van der Waals surface area contributed by atoms with Gasteiger partial charge in [0.2, 0.25) is 0 Å². The highest BCUT2D eigenvalue weighted by Crippen LogP contribution is 2.39. The first-order chi connectivity index (χ1) is 13.9. The number of hydrogen-bond acceptors (Lipinski definition) is 3. The van der Waals surface area contributed by atoms with Gasteiger partial charge in [-0.25, -0.2) is 9.97 Å². The van der Waals surface area contributed by atoms with Gasteiger partial charge in [-0.05, 0) is 59.2 Å². The van der Waals surface area contributed by atoms with Crippen LogP contribution in [0.3, 0.4) is 0 Å². The van der Waals surface area contributed by atoms with Gasteiger partial charge in [0, 0.05) is 24.0 Å². The molecule has 0 saturated heterocycles. The average Bonchev–Trinajstić information content (AvgIpc) is 2.79. The molecule has 0 spiro atoms. The number of pyridine rings is 1. The number of halogens is 1. The lowest BCUT2D eigenvalue weighted by atomic mass is 9.80. The molecule has 6 rings (SSSR count). The van der Waals surface area contributed by atoms with E-state index in [0.29, 0.717) is 0 Å². The Morgan fingerprint density at radius 2 is 1.69 bits per heavy atom. The monoisotopic (exact) mass is 399 g/mol. The first-order valence-corrected chi connectivity index (χ1v) is 9.79. The molecule has 0 fully saturated rings. The second-order valence-corrected chi connectivity index (χ2v) is 7.23. The van der Waals surface area contributed by atoms with E-state index >= 15 is 0 Å². The van der Waals surface area contributed by atoms with Gasteiger partial charge in [0.15, 0.2) is 0 Å². The largest absolute Gasteiger partial charge is 0.264 e. The summed E-state index contributed by atoms with van der Waals surface area (Å²) in [6, 6.07) is 15.2. The molecule has 0 bridgehead atoms. The smallest absolute Gasteiger partial charge is 0.116 e. The molecule has 0 atom stereocenters. The van der Waals surface area contributed by atoms with Crippen molar-refractivity contribution in [2.45, 2.75) is 25.7 Å². The molecule has 0 aliphatic heterocycles. The molecular weight excluding hydrogens is 378 g/mol. The van der Waals surface area contributed by atoms with Crippen LogP contribution in [0.4, 0.5) is 0 Å². The summed E-state index contributed by atoms with van der Waals surface area (Å²) < 4.78 is 0. The SMILES string of the molecule is C1=CC2=C(CC1)CCc1c2ccc2ccccc12.Cl.c1cc2ncncc2cn1. The molecule has 2 aromatic carbocycles. The minimum atomic E-state index is 0. The molecule has 2 aliphatic carbocycles. The summed E-state index contributed by atoms with van der Waals surface area (Å²) >= 11 is 0. The molecule has 0 saturated carbocycles. The van der Waals surface area contributed by atoms with E-state index in [-0.39, 0.29) is 12.4 Å². The maximum Gasteiger partial charge on any atom is 0.116 e. The summed E-state index contributed by atoms with van der Waals surface area (Å²) in [5.74, 6) is 0. The lowest BCUT2D eigenvalue weighted by Gasteiger charge is -2.25. The molecule has 2 aromatic heterocycles. The Balaban J connectivity index is 0.000000159. The maximum atomic E-state index is 4.03. The number of aromatic nitrogens is 3. The molecule has 29 heavy (non-hydrogen) atoms. The number of fused-ring (bicyclic) bond motifs is 5. The highest BCUT2D eigenvalue weighted by molar-refractivity contribution is 5.93. The molecule has 2 heterocycles. The summed E-state index contributed by atoms with van der Waals surface area (Å²) in [5, 5.41) is 3.80. The van der Waals surface area contributed by atoms with Crippen LogP contribution >= 0.6 is 12.4 Å². The van der Waals surface area contributed by atoms with Crippen molar-refractivity contribution in [3.8, 4) is 0 Å². The van der Waals surface area contributed by atoms with Gasteiger partial charge >= 0.3 is 0 Å². The van der Waals surface area contributed by atoms with E-state index in [1.165, 1.54) is 53.9 Å². The van der Waals surface area contributed by atoms with Gasteiger partial charge in [0.05, 0.1) is 5.52 Å². The fraction of sp³-hybridized carbons (Fsp3) is 0.160. The Hall–Kier alpha value is -3.04. The van der Waals surface area contributed by atoms with Gasteiger partial charge in [0.1, 0.15) is 6.33 Å². The Labute approximate surface area is 176 Å². The van der Waals surface area contributed by atoms with Gasteiger partial charge in [-0.15, -0.1) is 12.4 Å². The van der Waals surface area contributed by atoms with E-state index in [0.717, 1.165) is 10.9 Å². The summed E-state index contributed by atoms with van der Waals surface area (Å²) in [4.78, 5) is 11.8. The third-order valence-electron chi connectivity index (χ3n) is 5.59. The molecule has 3 nitrogen and oxygen atoms in total. The Kier molecular flexibility index (Phi) is 5.68. The van der Waals surface area contributed by atoms with Crippen LogP contribution in [0.1, 0.15) is 30.4 Å². The number of nitrogens with zero attached hydrogens (tertiary/aromatic N) is 3. The molecule has 4 heteroatoms. The predicted molar refractivity (Wildman–Crippen MR) is 122 cm³/mol. The van der Waals surface area contributed by atoms with Crippen LogP contribution in [0.25, 0.3) is 27.2 Å². The maximum absolute atomic E-state index is 4.03. The van der Waals surface area contributed by atoms with Gasteiger partial charge in [-0.3, -0.25) is 4.98 Å². The fourth-order valence-corrected chi connectivity index (χ4v) is 4.21. The van der Waals surface area contributed by atoms with Crippen molar-refractivity contribution in [3.63, 3.8) is 0 Å². The standard InChI is InChI=1S/C18H16.C7H5N3.ClH/c1-3-7-15-13(5-1)9-11-18-16-8-4-2-6-14(16)10-12-17(15)18;1-2-8-3-6-4-9-5-10-7(1)6;/h1,3-5,7-9,11H,2,6,10,12H2;1-5H;1H. The zero-order valence-electron chi connectivity index (χ0n) is 16.1. The van der Waals surface area contributed by atoms with Gasteiger partial charge in [0.25, 0.3) is 0 Å². The van der Waals surface area contributed by atoms with Crippen LogP contribution < -0.4 is 0 Å². The van der Waals surface area contributed by atoms with E-state index in [4.69, 9.17) is 0 Å². The van der Waals surface area contributed by atoms with Crippen molar-refractivity contribution in [2.24, 2.45) is 0 Å². The second kappa shape index (κ2) is 8.54. The molecule has 0 radical (unpaired) electrons. The van der Waals surface area contributed by atoms with E-state index in [2.05, 4.69) is 63.5 Å². The van der Waals surface area contributed by atoms with Crippen LogP contribution in [0, 0.1) is 0 Å². The third-order valence-corrected chi connectivity index (χ3v) is 5.59. The number of benzene rings is 2. The van der Waals surface area contributed by atoms with Crippen LogP contribution in [0.15, 0.2) is 85.1 Å². The number of rotatable bonds is 0. The first kappa shape index (κ1) is 19.3. The predicted octanol–water partition coefficient (Wildman–Crippen LogP) is 6.34. The van der Waals surface area contributed by atoms with Crippen molar-refractivity contribution in [2.75, 3.05) is 0 Å². The zero-order chi connectivity index (χ0) is 18.8. The van der Waals surface area contributed by atoms with Crippen molar-refractivity contribution in [3.05, 3.63) is 96.2 Å². The summed E-state index contributed by atoms with van der Waals surface area (Å²) in [5.41, 5.74) is 7.14. The van der Waals surface area contributed by atoms with Crippen LogP contribution in [0.5, 0.6) is 0 Å². The quantitative estimate of drug-likeness (QED) is 0.346. The molecule has 2 aliphatic rings. The number of allylic oxidation sites excluding steroid dienone is 4. The van der Waals surface area contributed by atoms with Crippen molar-refractivity contribution < 1.29 is 0 Å². The molecule has 0 unspecified atom stereocenters. The first-order valence-electron chi connectivity index (χ1n) is 9.79. The summed E-state index contributed by atoms with van der Waals surface area (Å²) in [7, 11) is 0.